The van der Waals surface area contributed by atoms with Crippen molar-refractivity contribution in [3.05, 3.63) is 23.6 Å². The van der Waals surface area contributed by atoms with E-state index in [9.17, 15) is 13.6 Å². The fraction of sp³-hybridized carbons (Fsp3) is 0.200. The van der Waals surface area contributed by atoms with Gasteiger partial charge in [0.1, 0.15) is 5.52 Å². The standard InChI is InChI=1S/C10H7F2NO4/c1-16-6-3-4(10(14)15)2-5-7(6)17-9(13-5)8(11)12/h2-3,8H,1H3,(H,14,15). The van der Waals surface area contributed by atoms with Gasteiger partial charge in [-0.1, -0.05) is 0 Å². The van der Waals surface area contributed by atoms with E-state index in [1.807, 2.05) is 0 Å². The van der Waals surface area contributed by atoms with E-state index in [0.717, 1.165) is 6.07 Å². The molecule has 0 aliphatic rings. The molecule has 0 amide bonds. The van der Waals surface area contributed by atoms with Crippen LogP contribution in [0.1, 0.15) is 22.7 Å². The van der Waals surface area contributed by atoms with Gasteiger partial charge in [0.15, 0.2) is 11.3 Å². The summed E-state index contributed by atoms with van der Waals surface area (Å²) in [5.74, 6) is -1.91. The van der Waals surface area contributed by atoms with Crippen LogP contribution in [0, 0.1) is 0 Å². The molecule has 5 nitrogen and oxygen atoms in total. The maximum Gasteiger partial charge on any atom is 0.335 e. The van der Waals surface area contributed by atoms with E-state index in [-0.39, 0.29) is 22.4 Å². The number of oxazole rings is 1. The summed E-state index contributed by atoms with van der Waals surface area (Å²) in [4.78, 5) is 14.3. The second kappa shape index (κ2) is 4.00. The zero-order chi connectivity index (χ0) is 12.6. The number of hydrogen-bond donors (Lipinski definition) is 1. The molecule has 1 aromatic carbocycles. The van der Waals surface area contributed by atoms with Gasteiger partial charge in [-0.05, 0) is 12.1 Å². The lowest BCUT2D eigenvalue weighted by molar-refractivity contribution is 0.0696. The molecule has 0 bridgehead atoms. The molecule has 0 saturated heterocycles. The number of aromatic nitrogens is 1. The number of carbonyl (C=O) groups is 1. The molecule has 0 atom stereocenters. The lowest BCUT2D eigenvalue weighted by atomic mass is 10.2. The normalized spacial score (nSPS) is 11.1. The summed E-state index contributed by atoms with van der Waals surface area (Å²) in [6.07, 6.45) is -2.86. The Morgan fingerprint density at radius 3 is 2.76 bits per heavy atom. The predicted octanol–water partition coefficient (Wildman–Crippen LogP) is 2.47. The quantitative estimate of drug-likeness (QED) is 0.896. The fourth-order valence-corrected chi connectivity index (χ4v) is 1.39. The summed E-state index contributed by atoms with van der Waals surface area (Å²) in [6.45, 7) is 0. The zero-order valence-electron chi connectivity index (χ0n) is 8.61. The van der Waals surface area contributed by atoms with Gasteiger partial charge < -0.3 is 14.3 Å². The molecular weight excluding hydrogens is 236 g/mol. The molecule has 0 saturated carbocycles. The summed E-state index contributed by atoms with van der Waals surface area (Å²) in [5, 5.41) is 8.82. The summed E-state index contributed by atoms with van der Waals surface area (Å²) in [5.41, 5.74) is -0.0756. The minimum Gasteiger partial charge on any atom is -0.493 e. The molecule has 1 aromatic heterocycles. The van der Waals surface area contributed by atoms with Crippen molar-refractivity contribution in [2.75, 3.05) is 7.11 Å². The summed E-state index contributed by atoms with van der Waals surface area (Å²) in [6, 6.07) is 2.33. The smallest absolute Gasteiger partial charge is 0.335 e. The van der Waals surface area contributed by atoms with Crippen LogP contribution in [0.3, 0.4) is 0 Å². The third kappa shape index (κ3) is 1.91. The molecule has 2 aromatic rings. The highest BCUT2D eigenvalue weighted by atomic mass is 19.3. The van der Waals surface area contributed by atoms with Gasteiger partial charge >= 0.3 is 12.4 Å². The van der Waals surface area contributed by atoms with Gasteiger partial charge in [0.05, 0.1) is 12.7 Å². The number of methoxy groups -OCH3 is 1. The third-order valence-corrected chi connectivity index (χ3v) is 2.13. The highest BCUT2D eigenvalue weighted by molar-refractivity contribution is 5.94. The van der Waals surface area contributed by atoms with Gasteiger partial charge in [0, 0.05) is 0 Å². The highest BCUT2D eigenvalue weighted by Crippen LogP contribution is 2.31. The molecule has 0 unspecified atom stereocenters. The van der Waals surface area contributed by atoms with Crippen LogP contribution in [0.25, 0.3) is 11.1 Å². The molecular formula is C10H7F2NO4. The van der Waals surface area contributed by atoms with E-state index in [2.05, 4.69) is 4.98 Å². The average Bonchev–Trinajstić information content (AvgIpc) is 2.71. The second-order valence-electron chi connectivity index (χ2n) is 3.18. The number of halogens is 2. The number of rotatable bonds is 3. The number of hydrogen-bond acceptors (Lipinski definition) is 4. The van der Waals surface area contributed by atoms with Crippen molar-refractivity contribution in [3.63, 3.8) is 0 Å². The van der Waals surface area contributed by atoms with Crippen molar-refractivity contribution in [1.29, 1.82) is 0 Å². The number of benzene rings is 1. The van der Waals surface area contributed by atoms with Gasteiger partial charge in [-0.3, -0.25) is 0 Å². The fourth-order valence-electron chi connectivity index (χ4n) is 1.39. The van der Waals surface area contributed by atoms with E-state index in [1.165, 1.54) is 13.2 Å². The van der Waals surface area contributed by atoms with E-state index in [1.54, 1.807) is 0 Å². The number of carboxylic acids is 1. The first-order valence-electron chi connectivity index (χ1n) is 4.53. The Kier molecular flexibility index (Phi) is 2.66. The van der Waals surface area contributed by atoms with Crippen molar-refractivity contribution in [2.24, 2.45) is 0 Å². The van der Waals surface area contributed by atoms with Crippen LogP contribution >= 0.6 is 0 Å². The Hall–Kier alpha value is -2.18. The monoisotopic (exact) mass is 243 g/mol. The molecule has 0 radical (unpaired) electrons. The number of alkyl halides is 2. The van der Waals surface area contributed by atoms with Crippen LogP contribution in [0.4, 0.5) is 8.78 Å². The number of carboxylic acid groups (broad SMARTS) is 1. The van der Waals surface area contributed by atoms with Gasteiger partial charge in [0.2, 0.25) is 0 Å². The van der Waals surface area contributed by atoms with Crippen molar-refractivity contribution in [2.45, 2.75) is 6.43 Å². The van der Waals surface area contributed by atoms with Gasteiger partial charge in [0.25, 0.3) is 5.89 Å². The number of aromatic carboxylic acids is 1. The van der Waals surface area contributed by atoms with Crippen molar-refractivity contribution < 1.29 is 27.8 Å². The summed E-state index contributed by atoms with van der Waals surface area (Å²) >= 11 is 0. The van der Waals surface area contributed by atoms with E-state index in [4.69, 9.17) is 14.3 Å². The first kappa shape index (κ1) is 11.3. The van der Waals surface area contributed by atoms with Gasteiger partial charge in [-0.25, -0.2) is 9.78 Å². The number of ether oxygens (including phenoxy) is 1. The Morgan fingerprint density at radius 2 is 2.24 bits per heavy atom. The van der Waals surface area contributed by atoms with Crippen LogP contribution in [-0.4, -0.2) is 23.2 Å². The molecule has 0 spiro atoms. The lowest BCUT2D eigenvalue weighted by Gasteiger charge is -2.01. The maximum atomic E-state index is 12.4. The third-order valence-electron chi connectivity index (χ3n) is 2.13. The maximum absolute atomic E-state index is 12.4. The Labute approximate surface area is 93.6 Å². The van der Waals surface area contributed by atoms with E-state index < -0.39 is 18.3 Å². The molecule has 90 valence electrons. The van der Waals surface area contributed by atoms with Crippen LogP contribution in [0.15, 0.2) is 16.5 Å². The highest BCUT2D eigenvalue weighted by Gasteiger charge is 2.20. The SMILES string of the molecule is COc1cc(C(=O)O)cc2nc(C(F)F)oc12. The Morgan fingerprint density at radius 1 is 1.53 bits per heavy atom. The topological polar surface area (TPSA) is 72.6 Å². The van der Waals surface area contributed by atoms with Crippen molar-refractivity contribution in [1.82, 2.24) is 4.98 Å². The molecule has 2 rings (SSSR count). The van der Waals surface area contributed by atoms with Crippen molar-refractivity contribution in [3.8, 4) is 5.75 Å². The minimum atomic E-state index is -2.86. The van der Waals surface area contributed by atoms with E-state index >= 15 is 0 Å². The lowest BCUT2D eigenvalue weighted by Crippen LogP contribution is -1.97. The molecule has 0 fully saturated rings. The molecule has 1 heterocycles. The molecule has 1 N–H and O–H groups in total. The van der Waals surface area contributed by atoms with Crippen LogP contribution in [0.5, 0.6) is 5.75 Å². The Balaban J connectivity index is 2.69. The van der Waals surface area contributed by atoms with Gasteiger partial charge in [-0.2, -0.15) is 8.78 Å². The summed E-state index contributed by atoms with van der Waals surface area (Å²) in [7, 11) is 1.28. The predicted molar refractivity (Wildman–Crippen MR) is 52.5 cm³/mol. The molecule has 0 aliphatic heterocycles. The molecule has 7 heteroatoms. The van der Waals surface area contributed by atoms with Crippen molar-refractivity contribution >= 4 is 17.1 Å². The number of fused-ring (bicyclic) bond motifs is 1. The zero-order valence-corrected chi connectivity index (χ0v) is 8.61. The summed E-state index contributed by atoms with van der Waals surface area (Å²) < 4.78 is 34.4. The molecule has 0 aliphatic carbocycles. The first-order chi connectivity index (χ1) is 8.02. The first-order valence-corrected chi connectivity index (χ1v) is 4.53. The number of nitrogens with zero attached hydrogens (tertiary/aromatic N) is 1. The van der Waals surface area contributed by atoms with Crippen LogP contribution < -0.4 is 4.74 Å². The Bertz CT molecular complexity index is 579. The second-order valence-corrected chi connectivity index (χ2v) is 3.18. The largest absolute Gasteiger partial charge is 0.493 e. The van der Waals surface area contributed by atoms with E-state index in [0.29, 0.717) is 0 Å². The molecule has 17 heavy (non-hydrogen) atoms. The van der Waals surface area contributed by atoms with Crippen LogP contribution in [-0.2, 0) is 0 Å². The average molecular weight is 243 g/mol. The van der Waals surface area contributed by atoms with Crippen LogP contribution in [0.2, 0.25) is 0 Å². The minimum absolute atomic E-state index is 0.00722. The van der Waals surface area contributed by atoms with Gasteiger partial charge in [-0.15, -0.1) is 0 Å².